The molecule has 2 aliphatic rings. The standard InChI is InChI=1S/C16H26ClN5O/c1-12(21-8-2-3-9-21)13-6-10-22(11-7-13)15(23)5-4-14-18-16(17)20-19-14/h12-13H,2-11H2,1H3,(H,18,19,20)/t12-/m1/s1. The van der Waals surface area contributed by atoms with Crippen molar-refractivity contribution in [2.75, 3.05) is 26.2 Å². The molecule has 0 saturated carbocycles. The molecule has 3 rings (SSSR count). The van der Waals surface area contributed by atoms with E-state index in [0.717, 1.165) is 31.8 Å². The number of nitrogens with zero attached hydrogens (tertiary/aromatic N) is 4. The molecule has 23 heavy (non-hydrogen) atoms. The number of aromatic nitrogens is 3. The molecule has 7 heteroatoms. The summed E-state index contributed by atoms with van der Waals surface area (Å²) in [6.45, 7) is 6.64. The van der Waals surface area contributed by atoms with Crippen molar-refractivity contribution in [3.05, 3.63) is 11.1 Å². The van der Waals surface area contributed by atoms with Gasteiger partial charge < -0.3 is 9.80 Å². The quantitative estimate of drug-likeness (QED) is 0.892. The van der Waals surface area contributed by atoms with Gasteiger partial charge in [-0.05, 0) is 63.2 Å². The van der Waals surface area contributed by atoms with Crippen molar-refractivity contribution in [1.29, 1.82) is 0 Å². The molecule has 0 spiro atoms. The highest BCUT2D eigenvalue weighted by atomic mass is 35.5. The first-order valence-corrected chi connectivity index (χ1v) is 9.10. The van der Waals surface area contributed by atoms with Crippen LogP contribution in [0.1, 0.15) is 44.9 Å². The second-order valence-electron chi connectivity index (χ2n) is 6.75. The maximum absolute atomic E-state index is 12.3. The molecule has 1 aromatic heterocycles. The second kappa shape index (κ2) is 7.62. The molecule has 2 saturated heterocycles. The third-order valence-electron chi connectivity index (χ3n) is 5.37. The molecule has 2 fully saturated rings. The van der Waals surface area contributed by atoms with E-state index in [-0.39, 0.29) is 11.2 Å². The van der Waals surface area contributed by atoms with Crippen LogP contribution < -0.4 is 0 Å². The van der Waals surface area contributed by atoms with Crippen LogP contribution in [0.5, 0.6) is 0 Å². The number of likely N-dealkylation sites (tertiary alicyclic amines) is 2. The lowest BCUT2D eigenvalue weighted by Gasteiger charge is -2.38. The minimum Gasteiger partial charge on any atom is -0.343 e. The predicted octanol–water partition coefficient (Wildman–Crippen LogP) is 2.11. The first-order chi connectivity index (χ1) is 11.1. The Morgan fingerprint density at radius 3 is 2.61 bits per heavy atom. The van der Waals surface area contributed by atoms with Gasteiger partial charge in [0.25, 0.3) is 0 Å². The fourth-order valence-electron chi connectivity index (χ4n) is 3.85. The monoisotopic (exact) mass is 339 g/mol. The largest absolute Gasteiger partial charge is 0.343 e. The molecule has 0 aromatic carbocycles. The summed E-state index contributed by atoms with van der Waals surface area (Å²) in [5, 5.41) is 6.73. The fraction of sp³-hybridized carbons (Fsp3) is 0.812. The first kappa shape index (κ1) is 16.7. The molecule has 128 valence electrons. The van der Waals surface area contributed by atoms with Gasteiger partial charge in [-0.25, -0.2) is 4.98 Å². The van der Waals surface area contributed by atoms with Gasteiger partial charge in [0.05, 0.1) is 0 Å². The molecule has 0 bridgehead atoms. The number of carbonyl (C=O) groups is 1. The average molecular weight is 340 g/mol. The first-order valence-electron chi connectivity index (χ1n) is 8.72. The van der Waals surface area contributed by atoms with Gasteiger partial charge in [0, 0.05) is 32.0 Å². The number of halogens is 1. The minimum atomic E-state index is 0.212. The van der Waals surface area contributed by atoms with Crippen molar-refractivity contribution >= 4 is 17.5 Å². The van der Waals surface area contributed by atoms with Crippen LogP contribution in [0.2, 0.25) is 5.28 Å². The van der Waals surface area contributed by atoms with Gasteiger partial charge >= 0.3 is 0 Å². The summed E-state index contributed by atoms with van der Waals surface area (Å²) in [6.07, 6.45) is 5.97. The van der Waals surface area contributed by atoms with E-state index in [1.165, 1.54) is 25.9 Å². The molecule has 0 radical (unpaired) electrons. The van der Waals surface area contributed by atoms with Crippen molar-refractivity contribution in [1.82, 2.24) is 25.0 Å². The van der Waals surface area contributed by atoms with Crippen LogP contribution in [0.3, 0.4) is 0 Å². The summed E-state index contributed by atoms with van der Waals surface area (Å²) in [4.78, 5) is 21.0. The van der Waals surface area contributed by atoms with Crippen LogP contribution in [-0.4, -0.2) is 63.1 Å². The smallest absolute Gasteiger partial charge is 0.242 e. The minimum absolute atomic E-state index is 0.212. The molecule has 2 aliphatic heterocycles. The lowest BCUT2D eigenvalue weighted by Crippen LogP contribution is -2.45. The number of amides is 1. The van der Waals surface area contributed by atoms with Crippen molar-refractivity contribution in [2.45, 2.75) is 51.5 Å². The van der Waals surface area contributed by atoms with Gasteiger partial charge in [0.1, 0.15) is 5.82 Å². The summed E-state index contributed by atoms with van der Waals surface area (Å²) < 4.78 is 0. The van der Waals surface area contributed by atoms with E-state index in [2.05, 4.69) is 27.0 Å². The van der Waals surface area contributed by atoms with Crippen molar-refractivity contribution < 1.29 is 4.79 Å². The second-order valence-corrected chi connectivity index (χ2v) is 7.09. The molecule has 1 aromatic rings. The Morgan fingerprint density at radius 2 is 2.00 bits per heavy atom. The number of aromatic amines is 1. The molecule has 1 N–H and O–H groups in total. The van der Waals surface area contributed by atoms with Gasteiger partial charge in [-0.15, -0.1) is 5.10 Å². The molecule has 6 nitrogen and oxygen atoms in total. The molecule has 1 atom stereocenters. The van der Waals surface area contributed by atoms with E-state index in [0.29, 0.717) is 24.7 Å². The fourth-order valence-corrected chi connectivity index (χ4v) is 3.99. The predicted molar refractivity (Wildman–Crippen MR) is 89.3 cm³/mol. The molecule has 3 heterocycles. The zero-order valence-electron chi connectivity index (χ0n) is 13.8. The Bertz CT molecular complexity index is 520. The number of hydrogen-bond acceptors (Lipinski definition) is 4. The maximum Gasteiger partial charge on any atom is 0.242 e. The van der Waals surface area contributed by atoms with Crippen LogP contribution in [0.15, 0.2) is 0 Å². The maximum atomic E-state index is 12.3. The van der Waals surface area contributed by atoms with Crippen molar-refractivity contribution in [3.63, 3.8) is 0 Å². The van der Waals surface area contributed by atoms with Crippen LogP contribution in [0.25, 0.3) is 0 Å². The summed E-state index contributed by atoms with van der Waals surface area (Å²) in [5.41, 5.74) is 0. The van der Waals surface area contributed by atoms with E-state index >= 15 is 0 Å². The lowest BCUT2D eigenvalue weighted by atomic mass is 9.89. The lowest BCUT2D eigenvalue weighted by molar-refractivity contribution is -0.132. The summed E-state index contributed by atoms with van der Waals surface area (Å²) in [5.74, 6) is 1.62. The Balaban J connectivity index is 1.41. The van der Waals surface area contributed by atoms with E-state index < -0.39 is 0 Å². The number of aryl methyl sites for hydroxylation is 1. The van der Waals surface area contributed by atoms with Gasteiger partial charge in [0.2, 0.25) is 11.2 Å². The van der Waals surface area contributed by atoms with Crippen LogP contribution in [-0.2, 0) is 11.2 Å². The number of piperidine rings is 1. The van der Waals surface area contributed by atoms with Crippen LogP contribution in [0, 0.1) is 5.92 Å². The number of hydrogen-bond donors (Lipinski definition) is 1. The summed E-state index contributed by atoms with van der Waals surface area (Å²) in [7, 11) is 0. The highest BCUT2D eigenvalue weighted by Crippen LogP contribution is 2.26. The average Bonchev–Trinajstić information content (AvgIpc) is 3.24. The zero-order valence-corrected chi connectivity index (χ0v) is 14.6. The molecular formula is C16H26ClN5O. The van der Waals surface area contributed by atoms with Gasteiger partial charge in [-0.3, -0.25) is 9.89 Å². The number of H-pyrrole nitrogens is 1. The van der Waals surface area contributed by atoms with Crippen LogP contribution in [0.4, 0.5) is 0 Å². The Kier molecular flexibility index (Phi) is 5.54. The van der Waals surface area contributed by atoms with Gasteiger partial charge in [0.15, 0.2) is 0 Å². The third-order valence-corrected chi connectivity index (χ3v) is 5.54. The summed E-state index contributed by atoms with van der Waals surface area (Å²) in [6, 6.07) is 0.658. The van der Waals surface area contributed by atoms with E-state index in [4.69, 9.17) is 11.6 Å². The zero-order chi connectivity index (χ0) is 16.2. The van der Waals surface area contributed by atoms with Crippen LogP contribution >= 0.6 is 11.6 Å². The Hall–Kier alpha value is -1.14. The highest BCUT2D eigenvalue weighted by molar-refractivity contribution is 6.28. The number of carbonyl (C=O) groups excluding carboxylic acids is 1. The Morgan fingerprint density at radius 1 is 1.30 bits per heavy atom. The number of rotatable bonds is 5. The molecule has 0 unspecified atom stereocenters. The molecule has 1 amide bonds. The van der Waals surface area contributed by atoms with E-state index in [9.17, 15) is 4.79 Å². The van der Waals surface area contributed by atoms with Crippen molar-refractivity contribution in [2.24, 2.45) is 5.92 Å². The SMILES string of the molecule is C[C@H](C1CCN(C(=O)CCc2nc(Cl)n[nH]2)CC1)N1CCCC1. The number of nitrogens with one attached hydrogen (secondary N) is 1. The molecular weight excluding hydrogens is 314 g/mol. The van der Waals surface area contributed by atoms with Crippen molar-refractivity contribution in [3.8, 4) is 0 Å². The third kappa shape index (κ3) is 4.23. The van der Waals surface area contributed by atoms with Gasteiger partial charge in [-0.2, -0.15) is 0 Å². The normalized spacial score (nSPS) is 21.7. The van der Waals surface area contributed by atoms with E-state index in [1.807, 2.05) is 4.90 Å². The topological polar surface area (TPSA) is 65.1 Å². The van der Waals surface area contributed by atoms with Gasteiger partial charge in [-0.1, -0.05) is 0 Å². The highest BCUT2D eigenvalue weighted by Gasteiger charge is 2.30. The van der Waals surface area contributed by atoms with E-state index in [1.54, 1.807) is 0 Å². The Labute approximate surface area is 142 Å². The molecule has 0 aliphatic carbocycles. The summed E-state index contributed by atoms with van der Waals surface area (Å²) >= 11 is 5.67.